The summed E-state index contributed by atoms with van der Waals surface area (Å²) in [5, 5.41) is 20.7. The van der Waals surface area contributed by atoms with Crippen molar-refractivity contribution in [2.24, 2.45) is 0 Å². The van der Waals surface area contributed by atoms with Gasteiger partial charge in [-0.2, -0.15) is 0 Å². The zero-order valence-corrected chi connectivity index (χ0v) is 30.0. The van der Waals surface area contributed by atoms with Crippen molar-refractivity contribution in [3.8, 4) is 11.5 Å². The molecule has 0 heterocycles. The number of carbonyl (C=O) groups is 1. The van der Waals surface area contributed by atoms with E-state index in [9.17, 15) is 15.0 Å². The van der Waals surface area contributed by atoms with Gasteiger partial charge in [-0.25, -0.2) is 0 Å². The Kier molecular flexibility index (Phi) is 19.3. The number of ether oxygens (including phenoxy) is 1. The van der Waals surface area contributed by atoms with E-state index in [0.29, 0.717) is 29.8 Å². The van der Waals surface area contributed by atoms with E-state index in [2.05, 4.69) is 23.8 Å². The van der Waals surface area contributed by atoms with Gasteiger partial charge in [-0.05, 0) is 91.5 Å². The van der Waals surface area contributed by atoms with Crippen LogP contribution in [0.15, 0.2) is 46.2 Å². The smallest absolute Gasteiger partial charge is 0.305 e. The minimum Gasteiger partial charge on any atom is -0.508 e. The molecule has 2 N–H and O–H groups in total. The first-order chi connectivity index (χ1) is 22.5. The summed E-state index contributed by atoms with van der Waals surface area (Å²) >= 11 is 1.74. The van der Waals surface area contributed by atoms with E-state index < -0.39 is 0 Å². The summed E-state index contributed by atoms with van der Waals surface area (Å²) in [5.74, 6) is 1.82. The van der Waals surface area contributed by atoms with Crippen molar-refractivity contribution in [3.05, 3.63) is 47.5 Å². The molecule has 2 aromatic rings. The lowest BCUT2D eigenvalue weighted by atomic mass is 9.84. The lowest BCUT2D eigenvalue weighted by Gasteiger charge is -2.24. The highest BCUT2D eigenvalue weighted by Crippen LogP contribution is 2.42. The number of esters is 1. The third-order valence-electron chi connectivity index (χ3n) is 10.0. The predicted octanol–water partition coefficient (Wildman–Crippen LogP) is 13.0. The molecule has 258 valence electrons. The molecule has 2 saturated carbocycles. The molecule has 2 fully saturated rings. The Balaban J connectivity index is 0.000000269. The average molecular weight is 653 g/mol. The van der Waals surface area contributed by atoms with Gasteiger partial charge in [0.1, 0.15) is 11.5 Å². The molecule has 0 aliphatic heterocycles. The van der Waals surface area contributed by atoms with Crippen molar-refractivity contribution in [2.45, 2.75) is 183 Å². The van der Waals surface area contributed by atoms with E-state index in [0.717, 1.165) is 17.5 Å². The summed E-state index contributed by atoms with van der Waals surface area (Å²) in [5.41, 5.74) is 2.23. The number of unbranched alkanes of at least 4 members (excludes halogenated alkanes) is 12. The standard InChI is InChI=1S/C24H30O2S.C17H34O2/c25-23-13-11-19(15-21(23)17-7-3-1-4-8-17)27-20-12-14-24(26)22(16-20)18-9-5-2-6-10-18;1-3-4-5-6-7-8-9-10-11-12-13-14-15-16-17(18)19-2/h11-18,25-26H,1-10H2;3-16H2,1-2H3. The highest BCUT2D eigenvalue weighted by atomic mass is 32.2. The van der Waals surface area contributed by atoms with Gasteiger partial charge in [0.05, 0.1) is 7.11 Å². The molecule has 0 saturated heterocycles. The summed E-state index contributed by atoms with van der Waals surface area (Å²) in [6.07, 6.45) is 30.5. The Morgan fingerprint density at radius 1 is 0.630 bits per heavy atom. The molecular formula is C41H64O4S. The van der Waals surface area contributed by atoms with Crippen LogP contribution in [-0.4, -0.2) is 23.3 Å². The van der Waals surface area contributed by atoms with E-state index in [4.69, 9.17) is 0 Å². The summed E-state index contributed by atoms with van der Waals surface area (Å²) in [4.78, 5) is 13.2. The fourth-order valence-electron chi connectivity index (χ4n) is 7.20. The second kappa shape index (κ2) is 23.2. The van der Waals surface area contributed by atoms with Crippen molar-refractivity contribution in [2.75, 3.05) is 7.11 Å². The number of phenolic OH excluding ortho intramolecular Hbond substituents is 2. The molecule has 46 heavy (non-hydrogen) atoms. The maximum Gasteiger partial charge on any atom is 0.305 e. The van der Waals surface area contributed by atoms with Crippen LogP contribution in [0.1, 0.15) is 184 Å². The number of hydrogen-bond donors (Lipinski definition) is 2. The van der Waals surface area contributed by atoms with Crippen molar-refractivity contribution < 1.29 is 19.7 Å². The molecule has 0 spiro atoms. The van der Waals surface area contributed by atoms with E-state index in [-0.39, 0.29) is 5.97 Å². The molecule has 0 aromatic heterocycles. The summed E-state index contributed by atoms with van der Waals surface area (Å²) in [6.45, 7) is 2.27. The van der Waals surface area contributed by atoms with E-state index in [1.165, 1.54) is 158 Å². The van der Waals surface area contributed by atoms with Crippen LogP contribution in [0, 0.1) is 0 Å². The lowest BCUT2D eigenvalue weighted by molar-refractivity contribution is -0.140. The molecule has 4 nitrogen and oxygen atoms in total. The molecule has 2 aromatic carbocycles. The quantitative estimate of drug-likeness (QED) is 0.124. The molecule has 0 bridgehead atoms. The van der Waals surface area contributed by atoms with Crippen LogP contribution < -0.4 is 0 Å². The fourth-order valence-corrected chi connectivity index (χ4v) is 8.11. The normalized spacial score (nSPS) is 15.7. The highest BCUT2D eigenvalue weighted by molar-refractivity contribution is 7.99. The molecule has 4 rings (SSSR count). The molecule has 5 heteroatoms. The van der Waals surface area contributed by atoms with Crippen molar-refractivity contribution in [3.63, 3.8) is 0 Å². The maximum absolute atomic E-state index is 10.9. The van der Waals surface area contributed by atoms with Gasteiger partial charge in [-0.1, -0.05) is 134 Å². The van der Waals surface area contributed by atoms with Crippen LogP contribution in [0.5, 0.6) is 11.5 Å². The van der Waals surface area contributed by atoms with Crippen LogP contribution in [-0.2, 0) is 9.53 Å². The second-order valence-electron chi connectivity index (χ2n) is 13.8. The van der Waals surface area contributed by atoms with Crippen LogP contribution >= 0.6 is 11.8 Å². The second-order valence-corrected chi connectivity index (χ2v) is 14.9. The molecule has 0 atom stereocenters. The minimum atomic E-state index is -0.0666. The average Bonchev–Trinajstić information content (AvgIpc) is 3.09. The summed E-state index contributed by atoms with van der Waals surface area (Å²) < 4.78 is 4.62. The molecule has 0 unspecified atom stereocenters. The van der Waals surface area contributed by atoms with E-state index in [1.807, 2.05) is 24.3 Å². The number of carbonyl (C=O) groups excluding carboxylic acids is 1. The van der Waals surface area contributed by atoms with E-state index in [1.54, 1.807) is 11.8 Å². The van der Waals surface area contributed by atoms with Gasteiger partial charge in [0.25, 0.3) is 0 Å². The SMILES string of the molecule is CCCCCCCCCCCCCCCC(=O)OC.Oc1ccc(Sc2ccc(O)c(C3CCCCC3)c2)cc1C1CCCCC1. The monoisotopic (exact) mass is 652 g/mol. The first-order valence-corrected chi connectivity index (χ1v) is 19.7. The van der Waals surface area contributed by atoms with Crippen LogP contribution in [0.4, 0.5) is 0 Å². The number of aromatic hydroxyl groups is 2. The summed E-state index contributed by atoms with van der Waals surface area (Å²) in [7, 11) is 1.46. The van der Waals surface area contributed by atoms with Crippen LogP contribution in [0.25, 0.3) is 0 Å². The van der Waals surface area contributed by atoms with Crippen molar-refractivity contribution >= 4 is 17.7 Å². The number of methoxy groups -OCH3 is 1. The number of hydrogen-bond acceptors (Lipinski definition) is 5. The Bertz CT molecular complexity index is 1040. The molecule has 2 aliphatic rings. The Morgan fingerprint density at radius 3 is 1.41 bits per heavy atom. The first-order valence-electron chi connectivity index (χ1n) is 18.9. The largest absolute Gasteiger partial charge is 0.508 e. The van der Waals surface area contributed by atoms with Gasteiger partial charge in [0.15, 0.2) is 0 Å². The minimum absolute atomic E-state index is 0.0666. The lowest BCUT2D eigenvalue weighted by Crippen LogP contribution is -2.05. The van der Waals surface area contributed by atoms with E-state index >= 15 is 0 Å². The number of benzene rings is 2. The number of phenols is 2. The molecular weight excluding hydrogens is 589 g/mol. The van der Waals surface area contributed by atoms with Crippen molar-refractivity contribution in [1.29, 1.82) is 0 Å². The van der Waals surface area contributed by atoms with Gasteiger partial charge in [-0.15, -0.1) is 0 Å². The Hall–Kier alpha value is -2.14. The third kappa shape index (κ3) is 14.7. The van der Waals surface area contributed by atoms with Crippen LogP contribution in [0.3, 0.4) is 0 Å². The number of rotatable bonds is 18. The van der Waals surface area contributed by atoms with Gasteiger partial charge in [-0.3, -0.25) is 4.79 Å². The Morgan fingerprint density at radius 2 is 1.02 bits per heavy atom. The van der Waals surface area contributed by atoms with Crippen LogP contribution in [0.2, 0.25) is 0 Å². The molecule has 0 radical (unpaired) electrons. The zero-order chi connectivity index (χ0) is 32.8. The van der Waals surface area contributed by atoms with Gasteiger partial charge < -0.3 is 14.9 Å². The zero-order valence-electron chi connectivity index (χ0n) is 29.2. The van der Waals surface area contributed by atoms with Gasteiger partial charge >= 0.3 is 5.97 Å². The Labute approximate surface area is 285 Å². The third-order valence-corrected chi connectivity index (χ3v) is 11.0. The van der Waals surface area contributed by atoms with Gasteiger partial charge in [0.2, 0.25) is 0 Å². The predicted molar refractivity (Wildman–Crippen MR) is 194 cm³/mol. The maximum atomic E-state index is 10.9. The fraction of sp³-hybridized carbons (Fsp3) is 0.683. The van der Waals surface area contributed by atoms with Gasteiger partial charge in [0, 0.05) is 16.2 Å². The molecule has 2 aliphatic carbocycles. The molecule has 0 amide bonds. The summed E-state index contributed by atoms with van der Waals surface area (Å²) in [6, 6.07) is 12.1. The van der Waals surface area contributed by atoms with Crippen molar-refractivity contribution in [1.82, 2.24) is 0 Å². The topological polar surface area (TPSA) is 66.8 Å². The highest BCUT2D eigenvalue weighted by Gasteiger charge is 2.21. The first kappa shape index (κ1) is 38.3.